The highest BCUT2D eigenvalue weighted by atomic mass is 16.5. The van der Waals surface area contributed by atoms with Crippen molar-refractivity contribution in [3.8, 4) is 17.1 Å². The topological polar surface area (TPSA) is 89.7 Å². The van der Waals surface area contributed by atoms with Crippen LogP contribution >= 0.6 is 0 Å². The number of aromatic nitrogens is 2. The summed E-state index contributed by atoms with van der Waals surface area (Å²) in [5.74, 6) is 1.40. The van der Waals surface area contributed by atoms with Crippen LogP contribution in [0.1, 0.15) is 25.7 Å². The lowest BCUT2D eigenvalue weighted by Crippen LogP contribution is -2.36. The number of rotatable bonds is 8. The number of aryl methyl sites for hydroxylation is 1. The van der Waals surface area contributed by atoms with Crippen molar-refractivity contribution in [2.75, 3.05) is 36.5 Å². The molecule has 2 aromatic carbocycles. The summed E-state index contributed by atoms with van der Waals surface area (Å²) < 4.78 is 16.5. The first-order valence-electron chi connectivity index (χ1n) is 10.9. The first-order valence-corrected chi connectivity index (χ1v) is 10.9. The summed E-state index contributed by atoms with van der Waals surface area (Å²) in [5.41, 5.74) is 2.64. The minimum Gasteiger partial charge on any atom is -0.481 e. The number of ether oxygens (including phenoxy) is 2. The van der Waals surface area contributed by atoms with Gasteiger partial charge in [-0.15, -0.1) is 0 Å². The number of nitrogens with one attached hydrogen (secondary N) is 1. The summed E-state index contributed by atoms with van der Waals surface area (Å²) in [6, 6.07) is 15.3. The zero-order valence-corrected chi connectivity index (χ0v) is 18.4. The lowest BCUT2D eigenvalue weighted by atomic mass is 10.1. The monoisotopic (exact) mass is 436 g/mol. The Morgan fingerprint density at radius 1 is 1.19 bits per heavy atom. The van der Waals surface area contributed by atoms with Crippen molar-refractivity contribution in [3.05, 3.63) is 54.4 Å². The highest BCUT2D eigenvalue weighted by Crippen LogP contribution is 2.24. The largest absolute Gasteiger partial charge is 0.481 e. The number of hydrogen-bond acceptors (Lipinski definition) is 7. The van der Waals surface area contributed by atoms with E-state index in [2.05, 4.69) is 20.4 Å². The predicted octanol–water partition coefficient (Wildman–Crippen LogP) is 4.07. The van der Waals surface area contributed by atoms with E-state index in [0.717, 1.165) is 49.7 Å². The fourth-order valence-corrected chi connectivity index (χ4v) is 3.59. The summed E-state index contributed by atoms with van der Waals surface area (Å²) in [6.07, 6.45) is 0.808. The van der Waals surface area contributed by atoms with Crippen LogP contribution in [0.25, 0.3) is 11.4 Å². The molecule has 32 heavy (non-hydrogen) atoms. The highest BCUT2D eigenvalue weighted by molar-refractivity contribution is 5.94. The van der Waals surface area contributed by atoms with Gasteiger partial charge >= 0.3 is 0 Å². The molecule has 2 heterocycles. The van der Waals surface area contributed by atoms with Crippen molar-refractivity contribution in [2.45, 2.75) is 32.8 Å². The van der Waals surface area contributed by atoms with E-state index in [4.69, 9.17) is 14.0 Å². The molecular weight excluding hydrogens is 408 g/mol. The van der Waals surface area contributed by atoms with E-state index in [9.17, 15) is 4.79 Å². The number of anilines is 2. The molecule has 0 aliphatic carbocycles. The summed E-state index contributed by atoms with van der Waals surface area (Å²) in [6.45, 7) is 7.00. The van der Waals surface area contributed by atoms with Crippen molar-refractivity contribution >= 4 is 17.3 Å². The van der Waals surface area contributed by atoms with Gasteiger partial charge in [0.2, 0.25) is 11.7 Å². The van der Waals surface area contributed by atoms with Crippen molar-refractivity contribution < 1.29 is 18.8 Å². The molecule has 8 heteroatoms. The Balaban J connectivity index is 1.41. The summed E-state index contributed by atoms with van der Waals surface area (Å²) >= 11 is 0. The molecule has 1 aliphatic rings. The number of carbonyl (C=O) groups excluding carboxylic acids is 1. The minimum absolute atomic E-state index is 0.174. The fourth-order valence-electron chi connectivity index (χ4n) is 3.59. The maximum atomic E-state index is 12.9. The Kier molecular flexibility index (Phi) is 7.01. The Labute approximate surface area is 187 Å². The predicted molar refractivity (Wildman–Crippen MR) is 122 cm³/mol. The van der Waals surface area contributed by atoms with Gasteiger partial charge in [0.1, 0.15) is 5.75 Å². The molecule has 1 fully saturated rings. The van der Waals surface area contributed by atoms with Crippen LogP contribution in [-0.2, 0) is 9.53 Å². The van der Waals surface area contributed by atoms with Gasteiger partial charge in [-0.1, -0.05) is 30.6 Å². The smallest absolute Gasteiger partial charge is 0.265 e. The van der Waals surface area contributed by atoms with Crippen LogP contribution in [0.5, 0.6) is 5.75 Å². The average Bonchev–Trinajstić information content (AvgIpc) is 3.26. The van der Waals surface area contributed by atoms with Crippen LogP contribution in [0.2, 0.25) is 0 Å². The second-order valence-corrected chi connectivity index (χ2v) is 7.70. The Morgan fingerprint density at radius 2 is 1.97 bits per heavy atom. The average molecular weight is 437 g/mol. The lowest BCUT2D eigenvalue weighted by Gasteiger charge is -2.29. The molecule has 4 rings (SSSR count). The number of amides is 1. The third-order valence-corrected chi connectivity index (χ3v) is 5.25. The quantitative estimate of drug-likeness (QED) is 0.569. The third-order valence-electron chi connectivity index (χ3n) is 5.25. The van der Waals surface area contributed by atoms with Crippen LogP contribution in [0.15, 0.2) is 53.1 Å². The van der Waals surface area contributed by atoms with Gasteiger partial charge < -0.3 is 24.2 Å². The van der Waals surface area contributed by atoms with E-state index in [0.29, 0.717) is 23.9 Å². The maximum Gasteiger partial charge on any atom is 0.265 e. The molecule has 1 N–H and O–H groups in total. The van der Waals surface area contributed by atoms with E-state index in [-0.39, 0.29) is 5.91 Å². The summed E-state index contributed by atoms with van der Waals surface area (Å²) in [4.78, 5) is 19.5. The molecule has 1 unspecified atom stereocenters. The Hall–Kier alpha value is -3.39. The van der Waals surface area contributed by atoms with Gasteiger partial charge in [0.25, 0.3) is 5.91 Å². The maximum absolute atomic E-state index is 12.9. The van der Waals surface area contributed by atoms with Gasteiger partial charge in [-0.25, -0.2) is 0 Å². The van der Waals surface area contributed by atoms with Crippen molar-refractivity contribution in [3.63, 3.8) is 0 Å². The van der Waals surface area contributed by atoms with Gasteiger partial charge in [0, 0.05) is 37.0 Å². The number of carbonyl (C=O) groups is 1. The molecule has 0 radical (unpaired) electrons. The van der Waals surface area contributed by atoms with Crippen LogP contribution in [0, 0.1) is 6.92 Å². The molecule has 3 aromatic rings. The summed E-state index contributed by atoms with van der Waals surface area (Å²) in [7, 11) is 0. The van der Waals surface area contributed by atoms with Crippen LogP contribution in [-0.4, -0.2) is 48.5 Å². The molecule has 0 saturated carbocycles. The molecule has 1 aliphatic heterocycles. The third kappa shape index (κ3) is 5.45. The van der Waals surface area contributed by atoms with Crippen LogP contribution < -0.4 is 15.0 Å². The van der Waals surface area contributed by atoms with E-state index >= 15 is 0 Å². The number of hydrogen-bond donors (Lipinski definition) is 1. The molecule has 8 nitrogen and oxygen atoms in total. The van der Waals surface area contributed by atoms with E-state index < -0.39 is 6.10 Å². The lowest BCUT2D eigenvalue weighted by molar-refractivity contribution is -0.123. The molecule has 168 valence electrons. The summed E-state index contributed by atoms with van der Waals surface area (Å²) in [5, 5.41) is 6.92. The van der Waals surface area contributed by atoms with Gasteiger partial charge in [-0.05, 0) is 42.8 Å². The van der Waals surface area contributed by atoms with Crippen molar-refractivity contribution in [2.24, 2.45) is 0 Å². The van der Waals surface area contributed by atoms with Gasteiger partial charge in [0.15, 0.2) is 6.10 Å². The molecule has 0 bridgehead atoms. The standard InChI is InChI=1S/C24H28N4O4/c1-3-5-22(31-21-7-4-6-18(16-21)23-25-17(2)32-27-23)24(29)26-19-8-10-20(11-9-19)28-12-14-30-15-13-28/h4,6-11,16,22H,3,5,12-15H2,1-2H3,(H,26,29). The zero-order valence-electron chi connectivity index (χ0n) is 18.4. The van der Waals surface area contributed by atoms with E-state index in [1.807, 2.05) is 55.5 Å². The second-order valence-electron chi connectivity index (χ2n) is 7.70. The molecule has 1 atom stereocenters. The van der Waals surface area contributed by atoms with Gasteiger partial charge in [-0.2, -0.15) is 4.98 Å². The van der Waals surface area contributed by atoms with Gasteiger partial charge in [-0.3, -0.25) is 4.79 Å². The van der Waals surface area contributed by atoms with Crippen LogP contribution in [0.4, 0.5) is 11.4 Å². The van der Waals surface area contributed by atoms with E-state index in [1.54, 1.807) is 6.92 Å². The SMILES string of the molecule is CCCC(Oc1cccc(-c2noc(C)n2)c1)C(=O)Nc1ccc(N2CCOCC2)cc1. The van der Waals surface area contributed by atoms with Gasteiger partial charge in [0.05, 0.1) is 13.2 Å². The first-order chi connectivity index (χ1) is 15.6. The Bertz CT molecular complexity index is 1030. The molecule has 1 aromatic heterocycles. The first kappa shape index (κ1) is 21.8. The minimum atomic E-state index is -0.610. The number of nitrogens with zero attached hydrogens (tertiary/aromatic N) is 3. The number of morpholine rings is 1. The zero-order chi connectivity index (χ0) is 22.3. The fraction of sp³-hybridized carbons (Fsp3) is 0.375. The molecular formula is C24H28N4O4. The number of benzene rings is 2. The van der Waals surface area contributed by atoms with Crippen molar-refractivity contribution in [1.82, 2.24) is 10.1 Å². The molecule has 1 amide bonds. The normalized spacial score (nSPS) is 14.8. The molecule has 0 spiro atoms. The van der Waals surface area contributed by atoms with E-state index in [1.165, 1.54) is 0 Å². The van der Waals surface area contributed by atoms with Crippen molar-refractivity contribution in [1.29, 1.82) is 0 Å². The second kappa shape index (κ2) is 10.3. The molecule has 1 saturated heterocycles. The Morgan fingerprint density at radius 3 is 2.66 bits per heavy atom. The highest BCUT2D eigenvalue weighted by Gasteiger charge is 2.21. The van der Waals surface area contributed by atoms with Crippen LogP contribution in [0.3, 0.4) is 0 Å².